The minimum atomic E-state index is -0.290. The number of nitrogens with zero attached hydrogens (tertiary/aromatic N) is 1. The Morgan fingerprint density at radius 3 is 3.00 bits per heavy atom. The smallest absolute Gasteiger partial charge is 0.291 e. The molecular formula is C13H11N3O2S. The summed E-state index contributed by atoms with van der Waals surface area (Å²) in [6.07, 6.45) is 1.46. The van der Waals surface area contributed by atoms with Gasteiger partial charge in [-0.3, -0.25) is 4.79 Å². The number of hydrogen-bond acceptors (Lipinski definition) is 5. The number of carbonyl (C=O) groups is 1. The molecule has 96 valence electrons. The Morgan fingerprint density at radius 1 is 1.42 bits per heavy atom. The molecule has 0 aliphatic carbocycles. The predicted molar refractivity (Wildman–Crippen MR) is 75.4 cm³/mol. The minimum absolute atomic E-state index is 0.270. The van der Waals surface area contributed by atoms with Gasteiger partial charge >= 0.3 is 0 Å². The lowest BCUT2D eigenvalue weighted by molar-refractivity contribution is 0.0997. The van der Waals surface area contributed by atoms with Gasteiger partial charge in [-0.1, -0.05) is 17.4 Å². The molecule has 2 heterocycles. The maximum Gasteiger partial charge on any atom is 0.291 e. The molecule has 0 radical (unpaired) electrons. The number of nitrogen functional groups attached to an aromatic ring is 1. The monoisotopic (exact) mass is 273 g/mol. The molecular weight excluding hydrogens is 262 g/mol. The molecule has 6 heteroatoms. The van der Waals surface area contributed by atoms with Crippen LogP contribution in [0.25, 0.3) is 10.2 Å². The largest absolute Gasteiger partial charge is 0.459 e. The summed E-state index contributed by atoms with van der Waals surface area (Å²) in [4.78, 5) is 16.2. The third-order valence-electron chi connectivity index (χ3n) is 2.76. The van der Waals surface area contributed by atoms with Gasteiger partial charge in [-0.2, -0.15) is 0 Å². The van der Waals surface area contributed by atoms with Crippen molar-refractivity contribution >= 4 is 38.3 Å². The molecule has 0 aliphatic rings. The number of carbonyl (C=O) groups excluding carboxylic acids is 1. The van der Waals surface area contributed by atoms with Gasteiger partial charge in [0.25, 0.3) is 5.91 Å². The molecule has 0 unspecified atom stereocenters. The Bertz CT molecular complexity index is 747. The van der Waals surface area contributed by atoms with E-state index in [0.29, 0.717) is 10.8 Å². The van der Waals surface area contributed by atoms with E-state index < -0.39 is 0 Å². The van der Waals surface area contributed by atoms with Crippen LogP contribution in [-0.4, -0.2) is 10.9 Å². The number of rotatable bonds is 2. The van der Waals surface area contributed by atoms with Crippen molar-refractivity contribution in [1.82, 2.24) is 4.98 Å². The molecule has 0 bridgehead atoms. The highest BCUT2D eigenvalue weighted by molar-refractivity contribution is 7.22. The first-order chi connectivity index (χ1) is 9.15. The van der Waals surface area contributed by atoms with Crippen molar-refractivity contribution in [3.63, 3.8) is 0 Å². The highest BCUT2D eigenvalue weighted by Gasteiger charge is 2.13. The molecule has 0 fully saturated rings. The van der Waals surface area contributed by atoms with Crippen LogP contribution in [0.1, 0.15) is 16.1 Å². The number of amides is 1. The summed E-state index contributed by atoms with van der Waals surface area (Å²) in [5.41, 5.74) is 8.27. The van der Waals surface area contributed by atoms with Gasteiger partial charge in [-0.15, -0.1) is 0 Å². The van der Waals surface area contributed by atoms with Crippen molar-refractivity contribution in [2.75, 3.05) is 11.1 Å². The summed E-state index contributed by atoms with van der Waals surface area (Å²) in [6.45, 7) is 1.96. The molecule has 2 aromatic heterocycles. The van der Waals surface area contributed by atoms with Crippen molar-refractivity contribution in [3.05, 3.63) is 41.9 Å². The number of hydrogen-bond donors (Lipinski definition) is 2. The first kappa shape index (κ1) is 11.7. The van der Waals surface area contributed by atoms with Crippen LogP contribution >= 0.6 is 11.3 Å². The van der Waals surface area contributed by atoms with Gasteiger partial charge in [0.05, 0.1) is 22.2 Å². The number of nitrogens with two attached hydrogens (primary N) is 1. The molecule has 1 aromatic carbocycles. The van der Waals surface area contributed by atoms with Gasteiger partial charge in [0.1, 0.15) is 0 Å². The van der Waals surface area contributed by atoms with E-state index in [1.165, 1.54) is 17.6 Å². The van der Waals surface area contributed by atoms with Crippen molar-refractivity contribution in [2.45, 2.75) is 6.92 Å². The Hall–Kier alpha value is -2.34. The molecule has 0 aliphatic heterocycles. The molecule has 0 spiro atoms. The molecule has 5 nitrogen and oxygen atoms in total. The lowest BCUT2D eigenvalue weighted by Gasteiger charge is -2.05. The van der Waals surface area contributed by atoms with E-state index in [-0.39, 0.29) is 11.7 Å². The zero-order valence-electron chi connectivity index (χ0n) is 10.1. The summed E-state index contributed by atoms with van der Waals surface area (Å²) in [6, 6.07) is 7.03. The lowest BCUT2D eigenvalue weighted by Crippen LogP contribution is -2.10. The summed E-state index contributed by atoms with van der Waals surface area (Å²) >= 11 is 1.35. The van der Waals surface area contributed by atoms with Gasteiger partial charge in [-0.05, 0) is 30.7 Å². The number of benzene rings is 1. The van der Waals surface area contributed by atoms with Crippen LogP contribution < -0.4 is 11.1 Å². The molecule has 0 saturated carbocycles. The van der Waals surface area contributed by atoms with E-state index in [4.69, 9.17) is 10.2 Å². The Kier molecular flexibility index (Phi) is 2.72. The zero-order chi connectivity index (χ0) is 13.4. The topological polar surface area (TPSA) is 81.2 Å². The van der Waals surface area contributed by atoms with Crippen LogP contribution in [0.3, 0.4) is 0 Å². The van der Waals surface area contributed by atoms with Gasteiger partial charge < -0.3 is 15.5 Å². The SMILES string of the molecule is Cc1ccc(NC(=O)c2ccco2)c2sc(N)nc12. The molecule has 19 heavy (non-hydrogen) atoms. The molecule has 3 rings (SSSR count). The second-order valence-electron chi connectivity index (χ2n) is 4.09. The van der Waals surface area contributed by atoms with Gasteiger partial charge in [0.2, 0.25) is 0 Å². The third-order valence-corrected chi connectivity index (χ3v) is 3.67. The summed E-state index contributed by atoms with van der Waals surface area (Å²) in [5, 5.41) is 3.29. The number of thiazole rings is 1. The van der Waals surface area contributed by atoms with Gasteiger partial charge in [-0.25, -0.2) is 4.98 Å². The summed E-state index contributed by atoms with van der Waals surface area (Å²) < 4.78 is 5.93. The number of anilines is 2. The third kappa shape index (κ3) is 2.06. The van der Waals surface area contributed by atoms with E-state index in [1.54, 1.807) is 12.1 Å². The predicted octanol–water partition coefficient (Wildman–Crippen LogP) is 3.03. The van der Waals surface area contributed by atoms with Crippen LogP contribution in [0.5, 0.6) is 0 Å². The maximum absolute atomic E-state index is 12.0. The maximum atomic E-state index is 12.0. The van der Waals surface area contributed by atoms with Crippen molar-refractivity contribution in [1.29, 1.82) is 0 Å². The summed E-state index contributed by atoms with van der Waals surface area (Å²) in [7, 11) is 0. The Morgan fingerprint density at radius 2 is 2.26 bits per heavy atom. The minimum Gasteiger partial charge on any atom is -0.459 e. The highest BCUT2D eigenvalue weighted by atomic mass is 32.1. The number of aryl methyl sites for hydroxylation is 1. The Balaban J connectivity index is 2.02. The Labute approximate surface area is 113 Å². The second kappa shape index (κ2) is 4.40. The number of furan rings is 1. The first-order valence-corrected chi connectivity index (χ1v) is 6.47. The molecule has 0 atom stereocenters. The molecule has 3 N–H and O–H groups in total. The average Bonchev–Trinajstić information content (AvgIpc) is 3.01. The van der Waals surface area contributed by atoms with Gasteiger partial charge in [0.15, 0.2) is 10.9 Å². The van der Waals surface area contributed by atoms with E-state index in [1.807, 2.05) is 19.1 Å². The number of fused-ring (bicyclic) bond motifs is 1. The van der Waals surface area contributed by atoms with Crippen molar-refractivity contribution < 1.29 is 9.21 Å². The van der Waals surface area contributed by atoms with Crippen LogP contribution in [0.4, 0.5) is 10.8 Å². The van der Waals surface area contributed by atoms with Crippen LogP contribution in [0.2, 0.25) is 0 Å². The highest BCUT2D eigenvalue weighted by Crippen LogP contribution is 2.33. The van der Waals surface area contributed by atoms with Crippen LogP contribution in [0.15, 0.2) is 34.9 Å². The van der Waals surface area contributed by atoms with E-state index in [2.05, 4.69) is 10.3 Å². The second-order valence-corrected chi connectivity index (χ2v) is 5.12. The summed E-state index contributed by atoms with van der Waals surface area (Å²) in [5.74, 6) is -0.0201. The quantitative estimate of drug-likeness (QED) is 0.752. The number of aromatic nitrogens is 1. The van der Waals surface area contributed by atoms with Crippen molar-refractivity contribution in [3.8, 4) is 0 Å². The first-order valence-electron chi connectivity index (χ1n) is 5.65. The van der Waals surface area contributed by atoms with Crippen LogP contribution in [0, 0.1) is 6.92 Å². The number of nitrogens with one attached hydrogen (secondary N) is 1. The molecule has 0 saturated heterocycles. The van der Waals surface area contributed by atoms with Gasteiger partial charge in [0, 0.05) is 0 Å². The van der Waals surface area contributed by atoms with E-state index >= 15 is 0 Å². The molecule has 1 amide bonds. The van der Waals surface area contributed by atoms with Crippen molar-refractivity contribution in [2.24, 2.45) is 0 Å². The fourth-order valence-electron chi connectivity index (χ4n) is 1.84. The van der Waals surface area contributed by atoms with E-state index in [0.717, 1.165) is 15.8 Å². The fraction of sp³-hybridized carbons (Fsp3) is 0.0769. The lowest BCUT2D eigenvalue weighted by atomic mass is 10.2. The standard InChI is InChI=1S/C13H11N3O2S/c1-7-4-5-8(11-10(7)16-13(14)19-11)15-12(17)9-3-2-6-18-9/h2-6H,1H3,(H2,14,16)(H,15,17). The van der Waals surface area contributed by atoms with Crippen LogP contribution in [-0.2, 0) is 0 Å². The molecule has 3 aromatic rings. The average molecular weight is 273 g/mol. The zero-order valence-corrected chi connectivity index (χ0v) is 11.0. The van der Waals surface area contributed by atoms with E-state index in [9.17, 15) is 4.79 Å². The fourth-order valence-corrected chi connectivity index (χ4v) is 2.72. The normalized spacial score (nSPS) is 10.8.